The molecule has 98 valence electrons. The predicted octanol–water partition coefficient (Wildman–Crippen LogP) is 0.917. The van der Waals surface area contributed by atoms with Crippen molar-refractivity contribution in [1.82, 2.24) is 10.6 Å². The second-order valence-electron chi connectivity index (χ2n) is 5.63. The van der Waals surface area contributed by atoms with Crippen LogP contribution in [-0.2, 0) is 9.53 Å². The maximum atomic E-state index is 12.4. The van der Waals surface area contributed by atoms with E-state index >= 15 is 0 Å². The lowest BCUT2D eigenvalue weighted by Gasteiger charge is -2.29. The molecule has 0 radical (unpaired) electrons. The summed E-state index contributed by atoms with van der Waals surface area (Å²) < 4.78 is 5.24. The Balaban J connectivity index is 1.96. The van der Waals surface area contributed by atoms with Crippen molar-refractivity contribution < 1.29 is 9.53 Å². The van der Waals surface area contributed by atoms with Crippen LogP contribution in [0, 0.1) is 11.3 Å². The molecule has 1 saturated heterocycles. The van der Waals surface area contributed by atoms with Crippen LogP contribution in [0.25, 0.3) is 0 Å². The smallest absolute Gasteiger partial charge is 0.230 e. The van der Waals surface area contributed by atoms with Crippen molar-refractivity contribution in [3.05, 3.63) is 0 Å². The lowest BCUT2D eigenvalue weighted by Crippen LogP contribution is -2.49. The first kappa shape index (κ1) is 12.8. The van der Waals surface area contributed by atoms with Gasteiger partial charge in [0.25, 0.3) is 0 Å². The molecular weight excluding hydrogens is 216 g/mol. The summed E-state index contributed by atoms with van der Waals surface area (Å²) in [5.74, 6) is 0.802. The minimum Gasteiger partial charge on any atom is -0.384 e. The molecule has 1 aliphatic carbocycles. The standard InChI is InChI=1S/C13H24N2O2/c1-10-4-3-5-11(10)15-12(16)13(9-17-2)6-7-14-8-13/h10-11,14H,3-9H2,1-2H3,(H,15,16). The van der Waals surface area contributed by atoms with Crippen LogP contribution in [0.1, 0.15) is 32.6 Å². The SMILES string of the molecule is COCC1(C(=O)NC2CCCC2C)CCNC1. The van der Waals surface area contributed by atoms with Crippen LogP contribution < -0.4 is 10.6 Å². The van der Waals surface area contributed by atoms with Gasteiger partial charge in [-0.2, -0.15) is 0 Å². The molecule has 4 heteroatoms. The van der Waals surface area contributed by atoms with Gasteiger partial charge in [-0.15, -0.1) is 0 Å². The van der Waals surface area contributed by atoms with Gasteiger partial charge >= 0.3 is 0 Å². The number of hydrogen-bond donors (Lipinski definition) is 2. The first-order chi connectivity index (χ1) is 8.18. The Bertz CT molecular complexity index is 275. The van der Waals surface area contributed by atoms with Gasteiger partial charge in [0.1, 0.15) is 0 Å². The van der Waals surface area contributed by atoms with Crippen LogP contribution in [0.2, 0.25) is 0 Å². The maximum absolute atomic E-state index is 12.4. The van der Waals surface area contributed by atoms with Gasteiger partial charge in [-0.3, -0.25) is 4.79 Å². The van der Waals surface area contributed by atoms with E-state index in [1.54, 1.807) is 7.11 Å². The fourth-order valence-electron chi connectivity index (χ4n) is 3.08. The Labute approximate surface area is 103 Å². The van der Waals surface area contributed by atoms with Crippen LogP contribution in [0.4, 0.5) is 0 Å². The predicted molar refractivity (Wildman–Crippen MR) is 66.7 cm³/mol. The number of amides is 1. The lowest BCUT2D eigenvalue weighted by molar-refractivity contribution is -0.133. The molecule has 1 saturated carbocycles. The average molecular weight is 240 g/mol. The second kappa shape index (κ2) is 5.36. The molecule has 2 aliphatic rings. The van der Waals surface area contributed by atoms with E-state index in [1.807, 2.05) is 0 Å². The Morgan fingerprint density at radius 1 is 1.53 bits per heavy atom. The highest BCUT2D eigenvalue weighted by Crippen LogP contribution is 2.29. The Morgan fingerprint density at radius 2 is 2.35 bits per heavy atom. The number of carbonyl (C=O) groups excluding carboxylic acids is 1. The molecule has 0 bridgehead atoms. The summed E-state index contributed by atoms with van der Waals surface area (Å²) in [7, 11) is 1.67. The van der Waals surface area contributed by atoms with Crippen LogP contribution in [0.15, 0.2) is 0 Å². The summed E-state index contributed by atoms with van der Waals surface area (Å²) in [6.45, 7) is 4.41. The number of hydrogen-bond acceptors (Lipinski definition) is 3. The van der Waals surface area contributed by atoms with Crippen LogP contribution in [0.5, 0.6) is 0 Å². The Kier molecular flexibility index (Phi) is 4.05. The molecule has 2 N–H and O–H groups in total. The van der Waals surface area contributed by atoms with Crippen molar-refractivity contribution in [3.8, 4) is 0 Å². The summed E-state index contributed by atoms with van der Waals surface area (Å²) in [6.07, 6.45) is 4.49. The first-order valence-electron chi connectivity index (χ1n) is 6.68. The number of carbonyl (C=O) groups is 1. The molecule has 0 aromatic carbocycles. The molecule has 3 unspecified atom stereocenters. The zero-order valence-corrected chi connectivity index (χ0v) is 10.9. The van der Waals surface area contributed by atoms with Gasteiger partial charge < -0.3 is 15.4 Å². The average Bonchev–Trinajstić information content (AvgIpc) is 2.91. The number of methoxy groups -OCH3 is 1. The fraction of sp³-hybridized carbons (Fsp3) is 0.923. The third kappa shape index (κ3) is 2.63. The summed E-state index contributed by atoms with van der Waals surface area (Å²) in [5.41, 5.74) is -0.336. The normalized spacial score (nSPS) is 37.3. The van der Waals surface area contributed by atoms with Crippen molar-refractivity contribution in [2.45, 2.75) is 38.6 Å². The Morgan fingerprint density at radius 3 is 2.88 bits per heavy atom. The molecule has 17 heavy (non-hydrogen) atoms. The third-order valence-corrected chi connectivity index (χ3v) is 4.32. The molecule has 1 heterocycles. The van der Waals surface area contributed by atoms with Crippen LogP contribution in [0.3, 0.4) is 0 Å². The van der Waals surface area contributed by atoms with E-state index < -0.39 is 0 Å². The van der Waals surface area contributed by atoms with Crippen molar-refractivity contribution in [3.63, 3.8) is 0 Å². The van der Waals surface area contributed by atoms with Gasteiger partial charge in [0.05, 0.1) is 12.0 Å². The van der Waals surface area contributed by atoms with Crippen molar-refractivity contribution >= 4 is 5.91 Å². The topological polar surface area (TPSA) is 50.4 Å². The largest absolute Gasteiger partial charge is 0.384 e. The highest BCUT2D eigenvalue weighted by Gasteiger charge is 2.42. The van der Waals surface area contributed by atoms with Gasteiger partial charge in [-0.05, 0) is 31.7 Å². The molecule has 2 rings (SSSR count). The molecule has 1 amide bonds. The number of ether oxygens (including phenoxy) is 1. The van der Waals surface area contributed by atoms with Gasteiger partial charge in [-0.1, -0.05) is 13.3 Å². The van der Waals surface area contributed by atoms with Gasteiger partial charge in [0, 0.05) is 19.7 Å². The van der Waals surface area contributed by atoms with Crippen molar-refractivity contribution in [2.24, 2.45) is 11.3 Å². The first-order valence-corrected chi connectivity index (χ1v) is 6.68. The van der Waals surface area contributed by atoms with Gasteiger partial charge in [-0.25, -0.2) is 0 Å². The van der Waals surface area contributed by atoms with E-state index in [2.05, 4.69) is 17.6 Å². The molecule has 0 aromatic heterocycles. The fourth-order valence-corrected chi connectivity index (χ4v) is 3.08. The van der Waals surface area contributed by atoms with Gasteiger partial charge in [0.2, 0.25) is 5.91 Å². The summed E-state index contributed by atoms with van der Waals surface area (Å²) in [4.78, 5) is 12.4. The van der Waals surface area contributed by atoms with Crippen LogP contribution >= 0.6 is 0 Å². The van der Waals surface area contributed by atoms with E-state index in [4.69, 9.17) is 4.74 Å². The molecule has 3 atom stereocenters. The summed E-state index contributed by atoms with van der Waals surface area (Å²) in [6, 6.07) is 0.372. The summed E-state index contributed by atoms with van der Waals surface area (Å²) in [5, 5.41) is 6.51. The van der Waals surface area contributed by atoms with E-state index in [0.717, 1.165) is 25.9 Å². The van der Waals surface area contributed by atoms with Crippen molar-refractivity contribution in [2.75, 3.05) is 26.8 Å². The zero-order chi connectivity index (χ0) is 12.3. The highest BCUT2D eigenvalue weighted by atomic mass is 16.5. The lowest BCUT2D eigenvalue weighted by atomic mass is 9.86. The van der Waals surface area contributed by atoms with E-state index in [9.17, 15) is 4.79 Å². The van der Waals surface area contributed by atoms with Gasteiger partial charge in [0.15, 0.2) is 0 Å². The second-order valence-corrected chi connectivity index (χ2v) is 5.63. The molecule has 0 spiro atoms. The summed E-state index contributed by atoms with van der Waals surface area (Å²) >= 11 is 0. The zero-order valence-electron chi connectivity index (χ0n) is 10.9. The molecular formula is C13H24N2O2. The molecule has 2 fully saturated rings. The minimum absolute atomic E-state index is 0.183. The molecule has 0 aromatic rings. The quantitative estimate of drug-likeness (QED) is 0.768. The van der Waals surface area contributed by atoms with E-state index in [0.29, 0.717) is 18.6 Å². The molecule has 1 aliphatic heterocycles. The van der Waals surface area contributed by atoms with Crippen molar-refractivity contribution in [1.29, 1.82) is 0 Å². The number of nitrogens with one attached hydrogen (secondary N) is 2. The molecule has 4 nitrogen and oxygen atoms in total. The third-order valence-electron chi connectivity index (χ3n) is 4.32. The Hall–Kier alpha value is -0.610. The van der Waals surface area contributed by atoms with E-state index in [1.165, 1.54) is 12.8 Å². The minimum atomic E-state index is -0.336. The maximum Gasteiger partial charge on any atom is 0.230 e. The number of rotatable bonds is 4. The van der Waals surface area contributed by atoms with Crippen LogP contribution in [-0.4, -0.2) is 38.8 Å². The highest BCUT2D eigenvalue weighted by molar-refractivity contribution is 5.83. The van der Waals surface area contributed by atoms with E-state index in [-0.39, 0.29) is 11.3 Å². The monoisotopic (exact) mass is 240 g/mol.